The molecule has 0 amide bonds. The minimum absolute atomic E-state index is 0. The number of rotatable bonds is 8. The third-order valence-corrected chi connectivity index (χ3v) is 5.01. The van der Waals surface area contributed by atoms with Gasteiger partial charge < -0.3 is 20.1 Å². The van der Waals surface area contributed by atoms with Crippen LogP contribution < -0.4 is 10.6 Å². The second-order valence-electron chi connectivity index (χ2n) is 7.57. The van der Waals surface area contributed by atoms with Gasteiger partial charge in [0.1, 0.15) is 5.76 Å². The zero-order valence-electron chi connectivity index (χ0n) is 17.7. The molecule has 27 heavy (non-hydrogen) atoms. The molecule has 2 N–H and O–H groups in total. The van der Waals surface area contributed by atoms with Crippen molar-refractivity contribution in [2.45, 2.75) is 60.4 Å². The van der Waals surface area contributed by atoms with Crippen molar-refractivity contribution in [3.05, 3.63) is 17.0 Å². The van der Waals surface area contributed by atoms with Crippen LogP contribution in [0.5, 0.6) is 0 Å². The summed E-state index contributed by atoms with van der Waals surface area (Å²) in [6, 6.07) is 0. The first-order valence-electron chi connectivity index (χ1n) is 10.3. The van der Waals surface area contributed by atoms with Crippen LogP contribution in [0.3, 0.4) is 0 Å². The lowest BCUT2D eigenvalue weighted by molar-refractivity contribution is 0.143. The maximum Gasteiger partial charge on any atom is 0.191 e. The number of piperidine rings is 1. The van der Waals surface area contributed by atoms with Crippen molar-refractivity contribution in [1.29, 1.82) is 0 Å². The van der Waals surface area contributed by atoms with Gasteiger partial charge in [-0.1, -0.05) is 32.9 Å². The second-order valence-corrected chi connectivity index (χ2v) is 7.57. The highest BCUT2D eigenvalue weighted by Crippen LogP contribution is 2.20. The monoisotopic (exact) mass is 491 g/mol. The number of hydrogen-bond acceptors (Lipinski definition) is 4. The maximum absolute atomic E-state index is 5.44. The molecule has 2 rings (SSSR count). The van der Waals surface area contributed by atoms with Crippen molar-refractivity contribution in [3.63, 3.8) is 0 Å². The van der Waals surface area contributed by atoms with Gasteiger partial charge in [0, 0.05) is 44.7 Å². The van der Waals surface area contributed by atoms with E-state index in [0.717, 1.165) is 67.3 Å². The normalized spacial score (nSPS) is 21.0. The van der Waals surface area contributed by atoms with Gasteiger partial charge in [-0.2, -0.15) is 0 Å². The number of nitrogens with zero attached hydrogens (tertiary/aromatic N) is 3. The number of likely N-dealkylation sites (tertiary alicyclic amines) is 1. The third kappa shape index (κ3) is 7.60. The molecule has 1 aliphatic heterocycles. The standard InChI is InChI=1S/C20H37N5O.HI/c1-6-18-17(19(7-2)26-24-18)12-23-20(21-8-3)22-9-10-25-13-15(4)11-16(5)14-25;/h15-16H,6-14H2,1-5H3,(H2,21,22,23);1H. The molecule has 0 aliphatic carbocycles. The van der Waals surface area contributed by atoms with E-state index in [-0.39, 0.29) is 24.0 Å². The van der Waals surface area contributed by atoms with Crippen LogP contribution in [-0.4, -0.2) is 48.7 Å². The van der Waals surface area contributed by atoms with Gasteiger partial charge in [0.2, 0.25) is 0 Å². The molecule has 0 radical (unpaired) electrons. The molecule has 1 aromatic heterocycles. The Balaban J connectivity index is 0.00000364. The Morgan fingerprint density at radius 3 is 2.44 bits per heavy atom. The van der Waals surface area contributed by atoms with Crippen LogP contribution in [0, 0.1) is 11.8 Å². The lowest BCUT2D eigenvalue weighted by atomic mass is 9.92. The van der Waals surface area contributed by atoms with Gasteiger partial charge >= 0.3 is 0 Å². The molecule has 6 nitrogen and oxygen atoms in total. The first-order chi connectivity index (χ1) is 12.6. The topological polar surface area (TPSA) is 65.7 Å². The van der Waals surface area contributed by atoms with Gasteiger partial charge in [0.05, 0.1) is 12.2 Å². The number of halogens is 1. The number of aromatic nitrogens is 1. The summed E-state index contributed by atoms with van der Waals surface area (Å²) in [5.74, 6) is 3.43. The number of aliphatic imine (C=N–C) groups is 1. The minimum atomic E-state index is 0. The molecule has 1 aliphatic rings. The van der Waals surface area contributed by atoms with E-state index in [0.29, 0.717) is 6.54 Å². The molecule has 2 heterocycles. The van der Waals surface area contributed by atoms with Gasteiger partial charge in [-0.3, -0.25) is 0 Å². The average molecular weight is 491 g/mol. The van der Waals surface area contributed by atoms with Crippen molar-refractivity contribution in [2.24, 2.45) is 16.8 Å². The zero-order chi connectivity index (χ0) is 18.9. The molecule has 0 aromatic carbocycles. The van der Waals surface area contributed by atoms with E-state index in [1.807, 2.05) is 0 Å². The van der Waals surface area contributed by atoms with Crippen molar-refractivity contribution in [2.75, 3.05) is 32.7 Å². The van der Waals surface area contributed by atoms with E-state index in [2.05, 4.69) is 55.3 Å². The summed E-state index contributed by atoms with van der Waals surface area (Å²) in [5, 5.41) is 11.0. The smallest absolute Gasteiger partial charge is 0.191 e. The van der Waals surface area contributed by atoms with Crippen molar-refractivity contribution in [3.8, 4) is 0 Å². The predicted molar refractivity (Wildman–Crippen MR) is 123 cm³/mol. The fourth-order valence-electron chi connectivity index (χ4n) is 3.92. The molecule has 1 aromatic rings. The van der Waals surface area contributed by atoms with Crippen LogP contribution in [0.25, 0.3) is 0 Å². The molecule has 0 saturated carbocycles. The Bertz CT molecular complexity index is 543. The lowest BCUT2D eigenvalue weighted by Crippen LogP contribution is -2.45. The lowest BCUT2D eigenvalue weighted by Gasteiger charge is -2.35. The highest BCUT2D eigenvalue weighted by molar-refractivity contribution is 14.0. The summed E-state index contributed by atoms with van der Waals surface area (Å²) < 4.78 is 5.44. The van der Waals surface area contributed by atoms with Gasteiger partial charge in [-0.25, -0.2) is 4.99 Å². The van der Waals surface area contributed by atoms with Crippen molar-refractivity contribution in [1.82, 2.24) is 20.7 Å². The number of guanidine groups is 1. The van der Waals surface area contributed by atoms with Crippen molar-refractivity contribution >= 4 is 29.9 Å². The Morgan fingerprint density at radius 1 is 1.15 bits per heavy atom. The fourth-order valence-corrected chi connectivity index (χ4v) is 3.92. The van der Waals surface area contributed by atoms with E-state index in [4.69, 9.17) is 9.52 Å². The van der Waals surface area contributed by atoms with E-state index >= 15 is 0 Å². The second kappa shape index (κ2) is 12.6. The van der Waals surface area contributed by atoms with E-state index < -0.39 is 0 Å². The molecular weight excluding hydrogens is 453 g/mol. The predicted octanol–water partition coefficient (Wildman–Crippen LogP) is 3.45. The largest absolute Gasteiger partial charge is 0.361 e. The van der Waals surface area contributed by atoms with E-state index in [9.17, 15) is 0 Å². The number of nitrogens with one attached hydrogen (secondary N) is 2. The fraction of sp³-hybridized carbons (Fsp3) is 0.800. The molecular formula is C20H38IN5O. The van der Waals surface area contributed by atoms with Gasteiger partial charge in [0.25, 0.3) is 0 Å². The van der Waals surface area contributed by atoms with Crippen LogP contribution in [0.4, 0.5) is 0 Å². The number of aryl methyl sites for hydroxylation is 2. The summed E-state index contributed by atoms with van der Waals surface area (Å²) in [6.07, 6.45) is 3.09. The Morgan fingerprint density at radius 2 is 1.85 bits per heavy atom. The molecule has 0 bridgehead atoms. The molecule has 0 spiro atoms. The molecule has 2 unspecified atom stereocenters. The summed E-state index contributed by atoms with van der Waals surface area (Å²) in [7, 11) is 0. The molecule has 2 atom stereocenters. The Hall–Kier alpha value is -0.830. The molecule has 7 heteroatoms. The Kier molecular flexibility index (Phi) is 11.3. The molecule has 156 valence electrons. The highest BCUT2D eigenvalue weighted by atomic mass is 127. The van der Waals surface area contributed by atoms with Crippen LogP contribution >= 0.6 is 24.0 Å². The summed E-state index contributed by atoms with van der Waals surface area (Å²) in [6.45, 7) is 16.9. The Labute approximate surface area is 181 Å². The molecule has 1 saturated heterocycles. The van der Waals surface area contributed by atoms with Gasteiger partial charge in [-0.15, -0.1) is 24.0 Å². The quantitative estimate of drug-likeness (QED) is 0.331. The summed E-state index contributed by atoms with van der Waals surface area (Å²) in [5.41, 5.74) is 2.17. The average Bonchev–Trinajstić information content (AvgIpc) is 3.00. The first-order valence-corrected chi connectivity index (χ1v) is 10.3. The van der Waals surface area contributed by atoms with E-state index in [1.54, 1.807) is 0 Å². The van der Waals surface area contributed by atoms with Crippen LogP contribution in [0.1, 0.15) is 58.1 Å². The van der Waals surface area contributed by atoms with E-state index in [1.165, 1.54) is 19.5 Å². The van der Waals surface area contributed by atoms with Crippen LogP contribution in [-0.2, 0) is 19.4 Å². The summed E-state index contributed by atoms with van der Waals surface area (Å²) >= 11 is 0. The van der Waals surface area contributed by atoms with Crippen LogP contribution in [0.15, 0.2) is 9.52 Å². The maximum atomic E-state index is 5.44. The minimum Gasteiger partial charge on any atom is -0.361 e. The zero-order valence-corrected chi connectivity index (χ0v) is 20.0. The van der Waals surface area contributed by atoms with Gasteiger partial charge in [-0.05, 0) is 31.6 Å². The van der Waals surface area contributed by atoms with Crippen LogP contribution in [0.2, 0.25) is 0 Å². The highest BCUT2D eigenvalue weighted by Gasteiger charge is 2.21. The SMILES string of the molecule is CCNC(=NCc1c(CC)noc1CC)NCCN1CC(C)CC(C)C1.I. The number of hydrogen-bond donors (Lipinski definition) is 2. The summed E-state index contributed by atoms with van der Waals surface area (Å²) in [4.78, 5) is 7.33. The molecule has 1 fully saturated rings. The van der Waals surface area contributed by atoms with Gasteiger partial charge in [0.15, 0.2) is 5.96 Å². The third-order valence-electron chi connectivity index (χ3n) is 5.01. The first kappa shape index (κ1) is 24.2. The van der Waals surface area contributed by atoms with Crippen molar-refractivity contribution < 1.29 is 4.52 Å².